The van der Waals surface area contributed by atoms with Gasteiger partial charge in [-0.3, -0.25) is 24.6 Å². The van der Waals surface area contributed by atoms with Gasteiger partial charge in [0.2, 0.25) is 0 Å². The predicted octanol–water partition coefficient (Wildman–Crippen LogP) is 0.00480. The number of hydrogen-bond donors (Lipinski definition) is 0. The molecule has 1 aromatic rings. The molecule has 1 aliphatic rings. The van der Waals surface area contributed by atoms with Gasteiger partial charge in [-0.1, -0.05) is 4.85 Å². The van der Waals surface area contributed by atoms with Crippen LogP contribution in [0.1, 0.15) is 12.8 Å². The fourth-order valence-corrected chi connectivity index (χ4v) is 1.57. The third kappa shape index (κ3) is 2.62. The molecule has 2 rings (SSSR count). The van der Waals surface area contributed by atoms with Gasteiger partial charge in [0.05, 0.1) is 11.5 Å². The van der Waals surface area contributed by atoms with Gasteiger partial charge < -0.3 is 0 Å². The lowest BCUT2D eigenvalue weighted by Gasteiger charge is -2.24. The summed E-state index contributed by atoms with van der Waals surface area (Å²) in [6.07, 6.45) is 2.24. The second-order valence-electron chi connectivity index (χ2n) is 3.78. The zero-order chi connectivity index (χ0) is 13.1. The number of carbonyl (C=O) groups excluding carboxylic acids is 2. The monoisotopic (exact) mass is 254 g/mol. The van der Waals surface area contributed by atoms with Gasteiger partial charge in [-0.05, 0) is 6.42 Å². The molecule has 2 heterocycles. The third-order valence-corrected chi connectivity index (χ3v) is 2.44. The Kier molecular flexibility index (Phi) is 3.22. The van der Waals surface area contributed by atoms with Crippen LogP contribution in [0.15, 0.2) is 12.4 Å². The van der Waals surface area contributed by atoms with Crippen molar-refractivity contribution in [3.8, 4) is 0 Å². The van der Waals surface area contributed by atoms with Crippen LogP contribution in [0.5, 0.6) is 0 Å². The van der Waals surface area contributed by atoms with Gasteiger partial charge in [0.25, 0.3) is 0 Å². The lowest BCUT2D eigenvalue weighted by atomic mass is 10.1. The highest BCUT2D eigenvalue weighted by atomic mass is 16.7. The van der Waals surface area contributed by atoms with E-state index in [1.807, 2.05) is 0 Å². The van der Waals surface area contributed by atoms with Gasteiger partial charge in [0.15, 0.2) is 5.78 Å². The number of nitrogens with zero attached hydrogens (tertiary/aromatic N) is 4. The molecular formula is C9H10N4O5. The van der Waals surface area contributed by atoms with E-state index in [9.17, 15) is 19.7 Å². The number of amides is 1. The van der Waals surface area contributed by atoms with E-state index < -0.39 is 11.0 Å². The van der Waals surface area contributed by atoms with Crippen LogP contribution < -0.4 is 4.84 Å². The van der Waals surface area contributed by atoms with E-state index in [1.165, 1.54) is 4.90 Å². The van der Waals surface area contributed by atoms with Crippen LogP contribution >= 0.6 is 0 Å². The minimum atomic E-state index is -0.749. The van der Waals surface area contributed by atoms with E-state index in [0.717, 1.165) is 12.4 Å². The van der Waals surface area contributed by atoms with Crippen LogP contribution in [0.2, 0.25) is 0 Å². The zero-order valence-corrected chi connectivity index (χ0v) is 9.31. The maximum Gasteiger partial charge on any atom is 0.436 e. The molecule has 1 fully saturated rings. The highest BCUT2D eigenvalue weighted by molar-refractivity contribution is 5.85. The molecule has 1 aromatic heterocycles. The number of likely N-dealkylation sites (tertiary alicyclic amines) is 1. The van der Waals surface area contributed by atoms with Crippen molar-refractivity contribution in [2.75, 3.05) is 13.1 Å². The van der Waals surface area contributed by atoms with E-state index in [2.05, 4.69) is 5.10 Å². The summed E-state index contributed by atoms with van der Waals surface area (Å²) in [7, 11) is 0. The average molecular weight is 254 g/mol. The Morgan fingerprint density at radius 2 is 2.33 bits per heavy atom. The molecule has 9 nitrogen and oxygen atoms in total. The molecule has 0 unspecified atom stereocenters. The SMILES string of the molecule is O=C1CCCN(C(=O)On2cc([N+](=O)[O-])cn2)C1. The van der Waals surface area contributed by atoms with E-state index in [-0.39, 0.29) is 18.0 Å². The Balaban J connectivity index is 1.97. The van der Waals surface area contributed by atoms with E-state index >= 15 is 0 Å². The highest BCUT2D eigenvalue weighted by Crippen LogP contribution is 2.09. The maximum absolute atomic E-state index is 11.6. The molecule has 1 saturated heterocycles. The first-order valence-corrected chi connectivity index (χ1v) is 5.24. The van der Waals surface area contributed by atoms with Gasteiger partial charge in [-0.15, -0.1) is 5.10 Å². The number of Topliss-reactive ketones (excluding diaryl/α,β-unsaturated/α-hetero) is 1. The largest absolute Gasteiger partial charge is 0.436 e. The summed E-state index contributed by atoms with van der Waals surface area (Å²) in [5.41, 5.74) is -0.280. The van der Waals surface area contributed by atoms with Crippen LogP contribution in [-0.4, -0.2) is 44.7 Å². The number of ketones is 1. The van der Waals surface area contributed by atoms with Crippen LogP contribution in [0, 0.1) is 10.1 Å². The number of hydrogen-bond acceptors (Lipinski definition) is 6. The van der Waals surface area contributed by atoms with E-state index in [1.54, 1.807) is 0 Å². The van der Waals surface area contributed by atoms with Crippen LogP contribution in [-0.2, 0) is 4.79 Å². The van der Waals surface area contributed by atoms with Gasteiger partial charge >= 0.3 is 11.8 Å². The Morgan fingerprint density at radius 1 is 1.56 bits per heavy atom. The summed E-state index contributed by atoms with van der Waals surface area (Å²) >= 11 is 0. The summed E-state index contributed by atoms with van der Waals surface area (Å²) in [6, 6.07) is 0. The number of piperidine rings is 1. The maximum atomic E-state index is 11.6. The molecule has 0 saturated carbocycles. The molecular weight excluding hydrogens is 244 g/mol. The molecule has 1 aliphatic heterocycles. The summed E-state index contributed by atoms with van der Waals surface area (Å²) in [4.78, 5) is 39.2. The standard InChI is InChI=1S/C9H10N4O5/c14-8-2-1-3-11(6-8)9(15)18-12-5-7(4-10-12)13(16)17/h4-5H,1-3,6H2. The summed E-state index contributed by atoms with van der Waals surface area (Å²) in [5.74, 6) is -0.0374. The second kappa shape index (κ2) is 4.82. The Morgan fingerprint density at radius 3 is 2.94 bits per heavy atom. The Bertz CT molecular complexity index is 497. The number of aromatic nitrogens is 2. The van der Waals surface area contributed by atoms with Crippen molar-refractivity contribution in [3.05, 3.63) is 22.5 Å². The molecule has 1 amide bonds. The fraction of sp³-hybridized carbons (Fsp3) is 0.444. The second-order valence-corrected chi connectivity index (χ2v) is 3.78. The van der Waals surface area contributed by atoms with Crippen LogP contribution in [0.25, 0.3) is 0 Å². The fourth-order valence-electron chi connectivity index (χ4n) is 1.57. The van der Waals surface area contributed by atoms with Crippen molar-refractivity contribution >= 4 is 17.6 Å². The molecule has 18 heavy (non-hydrogen) atoms. The summed E-state index contributed by atoms with van der Waals surface area (Å²) in [5, 5.41) is 13.9. The topological polar surface area (TPSA) is 108 Å². The highest BCUT2D eigenvalue weighted by Gasteiger charge is 2.24. The number of rotatable bonds is 2. The van der Waals surface area contributed by atoms with Gasteiger partial charge in [-0.2, -0.15) is 0 Å². The molecule has 0 bridgehead atoms. The predicted molar refractivity (Wildman–Crippen MR) is 56.7 cm³/mol. The van der Waals surface area contributed by atoms with Crippen molar-refractivity contribution < 1.29 is 19.3 Å². The zero-order valence-electron chi connectivity index (χ0n) is 9.31. The molecule has 0 N–H and O–H groups in total. The van der Waals surface area contributed by atoms with E-state index in [0.29, 0.717) is 24.2 Å². The lowest BCUT2D eigenvalue weighted by molar-refractivity contribution is -0.385. The van der Waals surface area contributed by atoms with Crippen molar-refractivity contribution in [1.29, 1.82) is 0 Å². The third-order valence-electron chi connectivity index (χ3n) is 2.44. The lowest BCUT2D eigenvalue weighted by Crippen LogP contribution is -2.43. The average Bonchev–Trinajstić information content (AvgIpc) is 2.77. The van der Waals surface area contributed by atoms with Crippen molar-refractivity contribution in [2.45, 2.75) is 12.8 Å². The smallest absolute Gasteiger partial charge is 0.299 e. The molecule has 0 aliphatic carbocycles. The van der Waals surface area contributed by atoms with Gasteiger partial charge in [-0.25, -0.2) is 4.79 Å². The summed E-state index contributed by atoms with van der Waals surface area (Å²) in [6.45, 7) is 0.427. The molecule has 0 atom stereocenters. The number of nitro groups is 1. The minimum absolute atomic E-state index is 0.00218. The first-order valence-electron chi connectivity index (χ1n) is 5.24. The Labute approximate surface area is 101 Å². The van der Waals surface area contributed by atoms with Crippen molar-refractivity contribution in [1.82, 2.24) is 14.8 Å². The minimum Gasteiger partial charge on any atom is -0.299 e. The van der Waals surface area contributed by atoms with Crippen LogP contribution in [0.4, 0.5) is 10.5 Å². The molecule has 0 spiro atoms. The van der Waals surface area contributed by atoms with Crippen LogP contribution in [0.3, 0.4) is 0 Å². The quantitative estimate of drug-likeness (QED) is 0.543. The van der Waals surface area contributed by atoms with Gasteiger partial charge in [0, 0.05) is 13.0 Å². The summed E-state index contributed by atoms with van der Waals surface area (Å²) < 4.78 is 0. The molecule has 0 radical (unpaired) electrons. The first-order chi connectivity index (χ1) is 8.56. The van der Waals surface area contributed by atoms with Gasteiger partial charge in [0.1, 0.15) is 12.4 Å². The first kappa shape index (κ1) is 12.0. The molecule has 0 aromatic carbocycles. The molecule has 9 heteroatoms. The van der Waals surface area contributed by atoms with Crippen molar-refractivity contribution in [3.63, 3.8) is 0 Å². The Hall–Kier alpha value is -2.45. The van der Waals surface area contributed by atoms with E-state index in [4.69, 9.17) is 4.84 Å². The normalized spacial score (nSPS) is 15.6. The number of carbonyl (C=O) groups is 2. The molecule has 96 valence electrons. The van der Waals surface area contributed by atoms with Crippen molar-refractivity contribution in [2.24, 2.45) is 0 Å².